The fraction of sp³-hybridized carbons (Fsp3) is 0.143. The highest BCUT2D eigenvalue weighted by Crippen LogP contribution is 2.24. The van der Waals surface area contributed by atoms with Gasteiger partial charge in [0.25, 0.3) is 11.4 Å². The number of non-ortho nitro benzene ring substituents is 1. The van der Waals surface area contributed by atoms with E-state index in [1.807, 2.05) is 0 Å². The first kappa shape index (κ1) is 16.5. The van der Waals surface area contributed by atoms with Crippen molar-refractivity contribution in [2.75, 3.05) is 0 Å². The van der Waals surface area contributed by atoms with Crippen molar-refractivity contribution in [1.29, 1.82) is 0 Å². The Labute approximate surface area is 136 Å². The number of hydrogen-bond acceptors (Lipinski definition) is 6. The number of rotatable bonds is 5. The highest BCUT2D eigenvalue weighted by Gasteiger charge is 2.17. The molecule has 0 atom stereocenters. The molecule has 0 saturated heterocycles. The van der Waals surface area contributed by atoms with Crippen molar-refractivity contribution in [3.63, 3.8) is 0 Å². The maximum absolute atomic E-state index is 10.6. The summed E-state index contributed by atoms with van der Waals surface area (Å²) in [5.74, 6) is -0.232. The van der Waals surface area contributed by atoms with Gasteiger partial charge in [0.05, 0.1) is 21.4 Å². The van der Waals surface area contributed by atoms with Crippen molar-refractivity contribution in [3.05, 3.63) is 57.9 Å². The Hall–Kier alpha value is -2.87. The number of benzene rings is 1. The number of aromatic nitrogens is 1. The van der Waals surface area contributed by atoms with Gasteiger partial charge in [0.15, 0.2) is 6.61 Å². The minimum atomic E-state index is -0.605. The Morgan fingerprint density at radius 3 is 2.65 bits per heavy atom. The van der Waals surface area contributed by atoms with Gasteiger partial charge >= 0.3 is 11.8 Å². The van der Waals surface area contributed by atoms with Crippen molar-refractivity contribution in [2.45, 2.75) is 13.5 Å². The lowest BCUT2D eigenvalue weighted by Gasteiger charge is -2.02. The molecule has 0 aliphatic heterocycles. The molecule has 1 aromatic carbocycles. The molecule has 0 aliphatic carbocycles. The summed E-state index contributed by atoms with van der Waals surface area (Å²) in [6.45, 7) is 1.56. The van der Waals surface area contributed by atoms with Gasteiger partial charge < -0.3 is 10.2 Å². The molecule has 0 fully saturated rings. The zero-order valence-electron chi connectivity index (χ0n) is 12.0. The van der Waals surface area contributed by atoms with Gasteiger partial charge in [-0.3, -0.25) is 15.0 Å². The molecule has 0 bridgehead atoms. The van der Waals surface area contributed by atoms with Crippen molar-refractivity contribution < 1.29 is 24.2 Å². The zero-order valence-corrected chi connectivity index (χ0v) is 12.8. The van der Waals surface area contributed by atoms with Crippen molar-refractivity contribution in [2.24, 2.45) is 0 Å². The van der Waals surface area contributed by atoms with Crippen LogP contribution in [-0.4, -0.2) is 30.1 Å². The molecule has 0 unspecified atom stereocenters. The number of aromatic hydroxyl groups is 2. The Morgan fingerprint density at radius 2 is 2.09 bits per heavy atom. The summed E-state index contributed by atoms with van der Waals surface area (Å²) in [5.41, 5.74) is 1.08. The molecule has 9 heteroatoms. The SMILES string of the molecule is CC(c1ccc(O)cn1)=[N+](Cl)OCc1ccc([N+](=O)[O-])cc1O. The summed E-state index contributed by atoms with van der Waals surface area (Å²) in [5, 5.41) is 29.5. The van der Waals surface area contributed by atoms with Crippen LogP contribution in [0.1, 0.15) is 18.2 Å². The number of nitro groups is 1. The molecule has 0 aliphatic rings. The Balaban J connectivity index is 2.12. The number of halogens is 1. The van der Waals surface area contributed by atoms with Crippen molar-refractivity contribution in [1.82, 2.24) is 4.98 Å². The maximum Gasteiger partial charge on any atom is 0.319 e. The quantitative estimate of drug-likeness (QED) is 0.375. The van der Waals surface area contributed by atoms with Crippen molar-refractivity contribution >= 4 is 23.2 Å². The minimum Gasteiger partial charge on any atom is -0.507 e. The van der Waals surface area contributed by atoms with E-state index < -0.39 is 4.92 Å². The third kappa shape index (κ3) is 4.07. The standard InChI is InChI=1S/C14H12ClN3O5/c1-9(13-5-4-12(19)7-16-13)17(15)23-8-10-2-3-11(18(21)22)6-14(10)20/h2-7,20H,8H2,1H3/p+1. The normalized spacial score (nSPS) is 11.7. The molecule has 1 heterocycles. The first-order valence-electron chi connectivity index (χ1n) is 6.42. The van der Waals surface area contributed by atoms with Crippen LogP contribution in [0.3, 0.4) is 0 Å². The molecular weight excluding hydrogens is 326 g/mol. The molecule has 23 heavy (non-hydrogen) atoms. The van der Waals surface area contributed by atoms with E-state index in [1.165, 1.54) is 24.4 Å². The lowest BCUT2D eigenvalue weighted by Crippen LogP contribution is -2.13. The highest BCUT2D eigenvalue weighted by molar-refractivity contribution is 6.10. The van der Waals surface area contributed by atoms with E-state index in [1.54, 1.807) is 13.0 Å². The molecule has 2 N–H and O–H groups in total. The van der Waals surface area contributed by atoms with Gasteiger partial charge in [0.1, 0.15) is 17.2 Å². The third-order valence-electron chi connectivity index (χ3n) is 3.00. The molecule has 120 valence electrons. The lowest BCUT2D eigenvalue weighted by atomic mass is 10.2. The number of phenols is 1. The second kappa shape index (κ2) is 6.93. The molecule has 0 spiro atoms. The molecule has 8 nitrogen and oxygen atoms in total. The first-order chi connectivity index (χ1) is 10.9. The fourth-order valence-corrected chi connectivity index (χ4v) is 1.84. The Morgan fingerprint density at radius 1 is 1.35 bits per heavy atom. The predicted octanol–water partition coefficient (Wildman–Crippen LogP) is 2.51. The summed E-state index contributed by atoms with van der Waals surface area (Å²) >= 11 is 5.97. The van der Waals surface area contributed by atoms with E-state index in [0.717, 1.165) is 10.3 Å². The summed E-state index contributed by atoms with van der Waals surface area (Å²) < 4.78 is 0.945. The van der Waals surface area contributed by atoms with E-state index in [9.17, 15) is 20.3 Å². The highest BCUT2D eigenvalue weighted by atomic mass is 35.5. The molecule has 2 rings (SSSR count). The van der Waals surface area contributed by atoms with Crippen LogP contribution in [0.5, 0.6) is 11.5 Å². The minimum absolute atomic E-state index is 0.0272. The summed E-state index contributed by atoms with van der Waals surface area (Å²) in [7, 11) is 0. The largest absolute Gasteiger partial charge is 0.507 e. The summed E-state index contributed by atoms with van der Waals surface area (Å²) in [4.78, 5) is 19.3. The molecule has 0 saturated carbocycles. The number of hydrogen-bond donors (Lipinski definition) is 2. The summed E-state index contributed by atoms with van der Waals surface area (Å²) in [6.07, 6.45) is 1.27. The van der Waals surface area contributed by atoms with Crippen LogP contribution >= 0.6 is 11.8 Å². The van der Waals surface area contributed by atoms with E-state index in [2.05, 4.69) is 4.98 Å². The van der Waals surface area contributed by atoms with E-state index in [4.69, 9.17) is 16.6 Å². The van der Waals surface area contributed by atoms with Gasteiger partial charge in [0, 0.05) is 18.6 Å². The van der Waals surface area contributed by atoms with Gasteiger partial charge in [-0.1, -0.05) is 0 Å². The van der Waals surface area contributed by atoms with Crippen molar-refractivity contribution in [3.8, 4) is 11.5 Å². The van der Waals surface area contributed by atoms with Gasteiger partial charge in [-0.05, 0) is 18.2 Å². The lowest BCUT2D eigenvalue weighted by molar-refractivity contribution is -0.688. The van der Waals surface area contributed by atoms with Crippen LogP contribution in [0.4, 0.5) is 5.69 Å². The zero-order chi connectivity index (χ0) is 17.0. The van der Waals surface area contributed by atoms with E-state index in [0.29, 0.717) is 17.0 Å². The summed E-state index contributed by atoms with van der Waals surface area (Å²) in [6, 6.07) is 6.70. The average molecular weight is 339 g/mol. The smallest absolute Gasteiger partial charge is 0.319 e. The fourth-order valence-electron chi connectivity index (χ4n) is 1.70. The molecule has 0 amide bonds. The molecule has 0 radical (unpaired) electrons. The first-order valence-corrected chi connectivity index (χ1v) is 6.76. The molecule has 2 aromatic rings. The van der Waals surface area contributed by atoms with Gasteiger partial charge in [-0.2, -0.15) is 0 Å². The Kier molecular flexibility index (Phi) is 4.97. The van der Waals surface area contributed by atoms with Gasteiger partial charge in [0.2, 0.25) is 0 Å². The van der Waals surface area contributed by atoms with Crippen LogP contribution < -0.4 is 0 Å². The van der Waals surface area contributed by atoms with Crippen LogP contribution in [-0.2, 0) is 11.4 Å². The van der Waals surface area contributed by atoms with E-state index in [-0.39, 0.29) is 23.8 Å². The van der Waals surface area contributed by atoms with Gasteiger partial charge in [-0.15, -0.1) is 0 Å². The second-order valence-electron chi connectivity index (χ2n) is 4.58. The van der Waals surface area contributed by atoms with Crippen LogP contribution in [0.25, 0.3) is 0 Å². The number of pyridine rings is 1. The average Bonchev–Trinajstić information content (AvgIpc) is 2.53. The van der Waals surface area contributed by atoms with E-state index >= 15 is 0 Å². The van der Waals surface area contributed by atoms with Gasteiger partial charge in [-0.25, -0.2) is 4.98 Å². The number of nitro benzene ring substituents is 1. The third-order valence-corrected chi connectivity index (χ3v) is 3.35. The van der Waals surface area contributed by atoms with Crippen LogP contribution in [0.2, 0.25) is 0 Å². The predicted molar refractivity (Wildman–Crippen MR) is 81.3 cm³/mol. The number of nitrogens with zero attached hydrogens (tertiary/aromatic N) is 3. The second-order valence-corrected chi connectivity index (χ2v) is 4.88. The van der Waals surface area contributed by atoms with Crippen LogP contribution in [0.15, 0.2) is 36.5 Å². The molecule has 1 aromatic heterocycles. The Bertz CT molecular complexity index is 762. The number of phenolic OH excluding ortho intramolecular Hbond substituents is 1. The maximum atomic E-state index is 10.6. The topological polar surface area (TPSA) is 109 Å². The van der Waals surface area contributed by atoms with Crippen LogP contribution in [0, 0.1) is 10.1 Å². The monoisotopic (exact) mass is 338 g/mol. The molecular formula is C14H13ClN3O5+.